The van der Waals surface area contributed by atoms with Gasteiger partial charge in [0.15, 0.2) is 5.78 Å². The van der Waals surface area contributed by atoms with E-state index in [0.717, 1.165) is 16.0 Å². The van der Waals surface area contributed by atoms with E-state index in [4.69, 9.17) is 17.3 Å². The van der Waals surface area contributed by atoms with E-state index in [0.29, 0.717) is 35.7 Å². The molecule has 2 heterocycles. The molecular formula is C46H50ClN9O8. The van der Waals surface area contributed by atoms with E-state index < -0.39 is 59.7 Å². The number of H-pyrrole nitrogens is 1. The van der Waals surface area contributed by atoms with Crippen molar-refractivity contribution < 1.29 is 39.0 Å². The number of amides is 5. The number of nitrogens with zero attached hydrogens (tertiary/aromatic N) is 3. The van der Waals surface area contributed by atoms with Crippen LogP contribution in [0.2, 0.25) is 5.02 Å². The van der Waals surface area contributed by atoms with Gasteiger partial charge in [0.25, 0.3) is 5.91 Å². The second kappa shape index (κ2) is 20.8. The fourth-order valence-corrected chi connectivity index (χ4v) is 7.50. The second-order valence-electron chi connectivity index (χ2n) is 15.7. The molecule has 5 aromatic rings. The first kappa shape index (κ1) is 46.4. The number of phenolic OH excluding ortho intramolecular Hbond substituents is 2. The van der Waals surface area contributed by atoms with E-state index in [1.54, 1.807) is 42.5 Å². The number of phenols is 2. The van der Waals surface area contributed by atoms with Crippen molar-refractivity contribution in [3.63, 3.8) is 0 Å². The minimum atomic E-state index is -1.45. The van der Waals surface area contributed by atoms with Crippen molar-refractivity contribution in [3.05, 3.63) is 119 Å². The van der Waals surface area contributed by atoms with Crippen LogP contribution in [0.3, 0.4) is 0 Å². The summed E-state index contributed by atoms with van der Waals surface area (Å²) in [6.45, 7) is 3.25. The molecule has 1 aliphatic rings. The van der Waals surface area contributed by atoms with Crippen LogP contribution in [0.25, 0.3) is 22.3 Å². The van der Waals surface area contributed by atoms with E-state index in [-0.39, 0.29) is 58.8 Å². The van der Waals surface area contributed by atoms with Crippen LogP contribution in [0.1, 0.15) is 66.3 Å². The minimum Gasteiger partial charge on any atom is -0.507 e. The number of aromatic nitrogens is 3. The van der Waals surface area contributed by atoms with Gasteiger partial charge in [-0.05, 0) is 110 Å². The number of hydrogen-bond donors (Lipinski definition) is 8. The third-order valence-electron chi connectivity index (χ3n) is 11.0. The maximum absolute atomic E-state index is 14.6. The predicted molar refractivity (Wildman–Crippen MR) is 238 cm³/mol. The summed E-state index contributed by atoms with van der Waals surface area (Å²) in [4.78, 5) is 84.4. The van der Waals surface area contributed by atoms with Crippen molar-refractivity contribution >= 4 is 46.9 Å². The standard InChI is InChI=1S/C46H50ClN9O8/c1-25(40(59)23-33-24-49-55-54-33)50-44(62)37-21-27-7-17-38(57)34(20-27)35-22-31(14-18-39(35)58)41(45(63)51-26(2)42(60)53-37)56(3)46(64)36(6-4-5-19-48)52-43(61)30-10-8-28(9-11-30)29-12-15-32(47)16-13-29/h7-18,20,22,24-26,36-37,41,57-58H,4-6,19,21,23,48H2,1-3H3,(H,50,62)(H,51,63)(H,52,61)(H,53,60)(H,49,54,55). The number of nitrogens with two attached hydrogens (primary N) is 1. The van der Waals surface area contributed by atoms with Gasteiger partial charge in [0.05, 0.1) is 24.4 Å². The average molecular weight is 892 g/mol. The summed E-state index contributed by atoms with van der Waals surface area (Å²) in [6, 6.07) is 16.6. The monoisotopic (exact) mass is 891 g/mol. The number of Topliss-reactive ketones (excluding diaryl/α,β-unsaturated/α-hetero) is 1. The quantitative estimate of drug-likeness (QED) is 0.0749. The van der Waals surface area contributed by atoms with Crippen LogP contribution in [0, 0.1) is 0 Å². The number of ketones is 1. The maximum Gasteiger partial charge on any atom is 0.251 e. The number of rotatable bonds is 14. The summed E-state index contributed by atoms with van der Waals surface area (Å²) < 4.78 is 0. The number of likely N-dealkylation sites (N-methyl/N-ethyl adjacent to an activating group) is 1. The number of benzene rings is 4. The zero-order valence-electron chi connectivity index (χ0n) is 35.4. The Kier molecular flexibility index (Phi) is 15.1. The van der Waals surface area contributed by atoms with Gasteiger partial charge in [-0.2, -0.15) is 15.4 Å². The first-order valence-electron chi connectivity index (χ1n) is 20.7. The van der Waals surface area contributed by atoms with Crippen LogP contribution in [-0.2, 0) is 36.8 Å². The van der Waals surface area contributed by atoms with Gasteiger partial charge in [-0.15, -0.1) is 0 Å². The van der Waals surface area contributed by atoms with Crippen molar-refractivity contribution in [1.82, 2.24) is 41.6 Å². The lowest BCUT2D eigenvalue weighted by molar-refractivity contribution is -0.141. The number of aromatic hydroxyl groups is 2. The van der Waals surface area contributed by atoms with Gasteiger partial charge >= 0.3 is 0 Å². The van der Waals surface area contributed by atoms with Gasteiger partial charge in [-0.25, -0.2) is 0 Å². The van der Waals surface area contributed by atoms with E-state index in [9.17, 15) is 39.0 Å². The molecule has 1 aliphatic heterocycles. The highest BCUT2D eigenvalue weighted by Gasteiger charge is 2.36. The molecule has 0 saturated heterocycles. The zero-order chi connectivity index (χ0) is 46.1. The van der Waals surface area contributed by atoms with E-state index in [2.05, 4.69) is 36.7 Å². The van der Waals surface area contributed by atoms with E-state index in [1.807, 2.05) is 12.1 Å². The Hall–Kier alpha value is -7.11. The summed E-state index contributed by atoms with van der Waals surface area (Å²) in [5.41, 5.74) is 9.10. The fraction of sp³-hybridized carbons (Fsp3) is 0.304. The van der Waals surface area contributed by atoms with Crippen molar-refractivity contribution in [3.8, 4) is 33.8 Å². The molecule has 6 rings (SSSR count). The SMILES string of the molecule is CC(NC(=O)C1Cc2ccc(O)c(c2)-c2cc(ccc2O)C(N(C)C(=O)C(CCCCN)NC(=O)c2ccc(-c3ccc(Cl)cc3)cc2)C(=O)NC(C)C(=O)N1)C(=O)Cc1cn[nH]n1. The molecule has 334 valence electrons. The summed E-state index contributed by atoms with van der Waals surface area (Å²) in [6.07, 6.45) is 2.36. The molecule has 1 aromatic heterocycles. The molecule has 4 bridgehead atoms. The highest BCUT2D eigenvalue weighted by molar-refractivity contribution is 6.30. The fourth-order valence-electron chi connectivity index (χ4n) is 7.37. The van der Waals surface area contributed by atoms with Crippen molar-refractivity contribution in [1.29, 1.82) is 0 Å². The largest absolute Gasteiger partial charge is 0.507 e. The molecule has 4 aromatic carbocycles. The van der Waals surface area contributed by atoms with Crippen LogP contribution in [0.4, 0.5) is 0 Å². The van der Waals surface area contributed by atoms with Gasteiger partial charge in [-0.3, -0.25) is 28.8 Å². The third-order valence-corrected chi connectivity index (χ3v) is 11.3. The average Bonchev–Trinajstić information content (AvgIpc) is 3.79. The van der Waals surface area contributed by atoms with E-state index >= 15 is 0 Å². The number of halogens is 1. The Balaban J connectivity index is 1.30. The highest BCUT2D eigenvalue weighted by atomic mass is 35.5. The maximum atomic E-state index is 14.6. The second-order valence-corrected chi connectivity index (χ2v) is 16.1. The molecule has 18 heteroatoms. The van der Waals surface area contributed by atoms with Crippen LogP contribution < -0.4 is 27.0 Å². The summed E-state index contributed by atoms with van der Waals surface area (Å²) in [5.74, 6) is -4.30. The van der Waals surface area contributed by atoms with Crippen LogP contribution in [0.5, 0.6) is 11.5 Å². The normalized spacial score (nSPS) is 17.2. The van der Waals surface area contributed by atoms with Crippen molar-refractivity contribution in [2.45, 2.75) is 76.2 Å². The van der Waals surface area contributed by atoms with Crippen LogP contribution >= 0.6 is 11.6 Å². The van der Waals surface area contributed by atoms with Crippen LogP contribution in [0.15, 0.2) is 91.1 Å². The van der Waals surface area contributed by atoms with Crippen LogP contribution in [-0.4, -0.2) is 104 Å². The number of unbranched alkanes of at least 4 members (excludes halogenated alkanes) is 1. The highest BCUT2D eigenvalue weighted by Crippen LogP contribution is 2.39. The Labute approximate surface area is 374 Å². The number of nitrogens with one attached hydrogen (secondary N) is 5. The summed E-state index contributed by atoms with van der Waals surface area (Å²) in [7, 11) is 1.39. The number of hydrogen-bond acceptors (Lipinski definition) is 11. The molecule has 9 N–H and O–H groups in total. The molecule has 0 radical (unpaired) electrons. The minimum absolute atomic E-state index is 0.104. The first-order valence-corrected chi connectivity index (χ1v) is 21.1. The van der Waals surface area contributed by atoms with Crippen molar-refractivity contribution in [2.24, 2.45) is 5.73 Å². The Morgan fingerprint density at radius 3 is 2.19 bits per heavy atom. The molecule has 0 fully saturated rings. The lowest BCUT2D eigenvalue weighted by Crippen LogP contribution is -2.57. The molecule has 5 amide bonds. The molecule has 17 nitrogen and oxygen atoms in total. The Morgan fingerprint density at radius 2 is 1.53 bits per heavy atom. The molecule has 5 atom stereocenters. The summed E-state index contributed by atoms with van der Waals surface area (Å²) >= 11 is 6.05. The van der Waals surface area contributed by atoms with Crippen molar-refractivity contribution in [2.75, 3.05) is 13.6 Å². The van der Waals surface area contributed by atoms with Gasteiger partial charge < -0.3 is 42.1 Å². The smallest absolute Gasteiger partial charge is 0.251 e. The number of carbonyl (C=O) groups excluding carboxylic acids is 6. The summed E-state index contributed by atoms with van der Waals surface area (Å²) in [5, 5.41) is 43.7. The number of aromatic amines is 1. The molecule has 64 heavy (non-hydrogen) atoms. The van der Waals surface area contributed by atoms with Gasteiger partial charge in [0.1, 0.15) is 35.7 Å². The lowest BCUT2D eigenvalue weighted by atomic mass is 9.93. The van der Waals surface area contributed by atoms with Gasteiger partial charge in [0, 0.05) is 35.2 Å². The zero-order valence-corrected chi connectivity index (χ0v) is 36.2. The van der Waals surface area contributed by atoms with E-state index in [1.165, 1.54) is 57.4 Å². The van der Waals surface area contributed by atoms with Gasteiger partial charge in [-0.1, -0.05) is 48.0 Å². The molecular weight excluding hydrogens is 842 g/mol. The number of fused-ring (bicyclic) bond motifs is 5. The molecule has 5 unspecified atom stereocenters. The molecule has 0 aliphatic carbocycles. The lowest BCUT2D eigenvalue weighted by Gasteiger charge is -2.32. The Bertz CT molecular complexity index is 2500. The molecule has 0 saturated carbocycles. The first-order chi connectivity index (χ1) is 30.6. The predicted octanol–water partition coefficient (Wildman–Crippen LogP) is 3.49. The number of carbonyl (C=O) groups is 6. The molecule has 0 spiro atoms. The Morgan fingerprint density at radius 1 is 0.875 bits per heavy atom. The topological polar surface area (TPSA) is 262 Å². The van der Waals surface area contributed by atoms with Gasteiger partial charge in [0.2, 0.25) is 23.6 Å². The third kappa shape index (κ3) is 11.3.